The molecule has 2 aromatic carbocycles. The molecule has 1 unspecified atom stereocenters. The van der Waals surface area contributed by atoms with Crippen molar-refractivity contribution in [1.29, 1.82) is 0 Å². The van der Waals surface area contributed by atoms with E-state index >= 15 is 0 Å². The lowest BCUT2D eigenvalue weighted by Gasteiger charge is -2.26. The zero-order valence-corrected chi connectivity index (χ0v) is 15.0. The van der Waals surface area contributed by atoms with E-state index in [9.17, 15) is 0 Å². The molecule has 1 atom stereocenters. The summed E-state index contributed by atoms with van der Waals surface area (Å²) in [6.07, 6.45) is 7.74. The van der Waals surface area contributed by atoms with Gasteiger partial charge in [-0.15, -0.1) is 6.42 Å². The molecule has 0 N–H and O–H groups in total. The first-order chi connectivity index (χ1) is 12.7. The van der Waals surface area contributed by atoms with Crippen LogP contribution < -0.4 is 0 Å². The molecule has 0 aliphatic heterocycles. The van der Waals surface area contributed by atoms with Crippen molar-refractivity contribution in [3.8, 4) is 23.7 Å². The molecule has 0 radical (unpaired) electrons. The summed E-state index contributed by atoms with van der Waals surface area (Å²) in [5, 5.41) is 4.77. The van der Waals surface area contributed by atoms with Crippen LogP contribution in [0.4, 0.5) is 0 Å². The summed E-state index contributed by atoms with van der Waals surface area (Å²) in [5.41, 5.74) is 3.62. The third kappa shape index (κ3) is 3.37. The van der Waals surface area contributed by atoms with Crippen molar-refractivity contribution in [1.82, 2.24) is 15.0 Å². The molecule has 3 aromatic rings. The van der Waals surface area contributed by atoms with E-state index in [1.165, 1.54) is 11.1 Å². The molecular weight excluding hydrogens is 346 g/mol. The standard InChI is InChI=1S/C21H18ClN3O/c1-2-13-25(19-12-9-15-5-3-4-6-18(15)19)14-20-23-21(24-26-20)16-7-10-17(22)11-8-16/h1,3-8,10-11,19H,9,12-14H2. The van der Waals surface area contributed by atoms with Crippen LogP contribution in [0.25, 0.3) is 11.4 Å². The first-order valence-electron chi connectivity index (χ1n) is 8.58. The van der Waals surface area contributed by atoms with Gasteiger partial charge in [0.2, 0.25) is 11.7 Å². The quantitative estimate of drug-likeness (QED) is 0.625. The van der Waals surface area contributed by atoms with Crippen molar-refractivity contribution >= 4 is 11.6 Å². The van der Waals surface area contributed by atoms with Crippen LogP contribution in [-0.2, 0) is 13.0 Å². The molecule has 0 saturated carbocycles. The lowest BCUT2D eigenvalue weighted by Crippen LogP contribution is -2.27. The van der Waals surface area contributed by atoms with Gasteiger partial charge in [0.1, 0.15) is 0 Å². The van der Waals surface area contributed by atoms with Crippen LogP contribution in [0.3, 0.4) is 0 Å². The number of terminal acetylenes is 1. The molecule has 4 rings (SSSR count). The SMILES string of the molecule is C#CCN(Cc1nc(-c2ccc(Cl)cc2)no1)C1CCc2ccccc21. The number of benzene rings is 2. The Kier molecular flexibility index (Phi) is 4.75. The van der Waals surface area contributed by atoms with E-state index in [0.29, 0.717) is 29.8 Å². The lowest BCUT2D eigenvalue weighted by atomic mass is 10.1. The number of hydrogen-bond donors (Lipinski definition) is 0. The van der Waals surface area contributed by atoms with Gasteiger partial charge in [-0.05, 0) is 48.2 Å². The van der Waals surface area contributed by atoms with Gasteiger partial charge in [-0.1, -0.05) is 46.9 Å². The largest absolute Gasteiger partial charge is 0.338 e. The molecule has 26 heavy (non-hydrogen) atoms. The van der Waals surface area contributed by atoms with Crippen molar-refractivity contribution < 1.29 is 4.52 Å². The summed E-state index contributed by atoms with van der Waals surface area (Å²) in [7, 11) is 0. The third-order valence-corrected chi connectivity index (χ3v) is 5.00. The Morgan fingerprint density at radius 3 is 2.81 bits per heavy atom. The maximum absolute atomic E-state index is 5.93. The molecule has 4 nitrogen and oxygen atoms in total. The fraction of sp³-hybridized carbons (Fsp3) is 0.238. The minimum Gasteiger partial charge on any atom is -0.338 e. The molecular formula is C21H18ClN3O. The van der Waals surface area contributed by atoms with Crippen LogP contribution in [0.15, 0.2) is 53.1 Å². The van der Waals surface area contributed by atoms with Gasteiger partial charge < -0.3 is 4.52 Å². The Labute approximate surface area is 157 Å². The van der Waals surface area contributed by atoms with Crippen molar-refractivity contribution in [3.05, 3.63) is 70.6 Å². The molecule has 5 heteroatoms. The number of rotatable bonds is 5. The van der Waals surface area contributed by atoms with Crippen LogP contribution in [0.2, 0.25) is 5.02 Å². The van der Waals surface area contributed by atoms with Gasteiger partial charge >= 0.3 is 0 Å². The number of halogens is 1. The number of aryl methyl sites for hydroxylation is 1. The number of aromatic nitrogens is 2. The number of nitrogens with zero attached hydrogens (tertiary/aromatic N) is 3. The monoisotopic (exact) mass is 363 g/mol. The minimum atomic E-state index is 0.285. The fourth-order valence-corrected chi connectivity index (χ4v) is 3.64. The normalized spacial score (nSPS) is 15.8. The van der Waals surface area contributed by atoms with Crippen LogP contribution >= 0.6 is 11.6 Å². The van der Waals surface area contributed by atoms with E-state index in [0.717, 1.165) is 18.4 Å². The van der Waals surface area contributed by atoms with Crippen molar-refractivity contribution in [2.75, 3.05) is 6.54 Å². The Balaban J connectivity index is 1.55. The zero-order valence-electron chi connectivity index (χ0n) is 14.2. The first-order valence-corrected chi connectivity index (χ1v) is 8.96. The summed E-state index contributed by atoms with van der Waals surface area (Å²) < 4.78 is 5.47. The van der Waals surface area contributed by atoms with Gasteiger partial charge in [-0.3, -0.25) is 4.90 Å². The summed E-state index contributed by atoms with van der Waals surface area (Å²) in [4.78, 5) is 6.76. The molecule has 1 heterocycles. The van der Waals surface area contributed by atoms with Crippen molar-refractivity contribution in [2.24, 2.45) is 0 Å². The Morgan fingerprint density at radius 2 is 2.00 bits per heavy atom. The molecule has 130 valence electrons. The highest BCUT2D eigenvalue weighted by molar-refractivity contribution is 6.30. The first kappa shape index (κ1) is 16.8. The zero-order chi connectivity index (χ0) is 17.9. The molecule has 0 amide bonds. The lowest BCUT2D eigenvalue weighted by molar-refractivity contribution is 0.185. The summed E-state index contributed by atoms with van der Waals surface area (Å²) in [6, 6.07) is 16.2. The van der Waals surface area contributed by atoms with Crippen LogP contribution in [0.5, 0.6) is 0 Å². The number of hydrogen-bond acceptors (Lipinski definition) is 4. The Bertz CT molecular complexity index is 942. The summed E-state index contributed by atoms with van der Waals surface area (Å²) in [6.45, 7) is 1.07. The smallest absolute Gasteiger partial charge is 0.241 e. The van der Waals surface area contributed by atoms with E-state index in [4.69, 9.17) is 22.5 Å². The highest BCUT2D eigenvalue weighted by Crippen LogP contribution is 2.36. The predicted octanol–water partition coefficient (Wildman–Crippen LogP) is 4.51. The third-order valence-electron chi connectivity index (χ3n) is 4.75. The van der Waals surface area contributed by atoms with Gasteiger partial charge in [0.25, 0.3) is 0 Å². The van der Waals surface area contributed by atoms with Gasteiger partial charge in [0.15, 0.2) is 0 Å². The van der Waals surface area contributed by atoms with Crippen molar-refractivity contribution in [3.63, 3.8) is 0 Å². The highest BCUT2D eigenvalue weighted by Gasteiger charge is 2.28. The van der Waals surface area contributed by atoms with Crippen LogP contribution in [0, 0.1) is 12.3 Å². The summed E-state index contributed by atoms with van der Waals surface area (Å²) >= 11 is 5.93. The van der Waals surface area contributed by atoms with E-state index in [-0.39, 0.29) is 6.04 Å². The molecule has 1 aliphatic carbocycles. The van der Waals surface area contributed by atoms with E-state index in [1.54, 1.807) is 0 Å². The molecule has 1 aromatic heterocycles. The molecule has 1 aliphatic rings. The minimum absolute atomic E-state index is 0.285. The van der Waals surface area contributed by atoms with Crippen molar-refractivity contribution in [2.45, 2.75) is 25.4 Å². The second-order valence-electron chi connectivity index (χ2n) is 6.38. The van der Waals surface area contributed by atoms with Gasteiger partial charge in [-0.2, -0.15) is 4.98 Å². The molecule has 0 fully saturated rings. The molecule has 0 bridgehead atoms. The second-order valence-corrected chi connectivity index (χ2v) is 6.82. The topological polar surface area (TPSA) is 42.2 Å². The van der Waals surface area contributed by atoms with Crippen LogP contribution in [0.1, 0.15) is 29.5 Å². The molecule has 0 saturated heterocycles. The Hall–Kier alpha value is -2.61. The van der Waals surface area contributed by atoms with Gasteiger partial charge in [0, 0.05) is 16.6 Å². The van der Waals surface area contributed by atoms with E-state index < -0.39 is 0 Å². The molecule has 0 spiro atoms. The average molecular weight is 364 g/mol. The fourth-order valence-electron chi connectivity index (χ4n) is 3.52. The highest BCUT2D eigenvalue weighted by atomic mass is 35.5. The maximum Gasteiger partial charge on any atom is 0.241 e. The second kappa shape index (κ2) is 7.33. The summed E-state index contributed by atoms with van der Waals surface area (Å²) in [5.74, 6) is 3.89. The van der Waals surface area contributed by atoms with E-state index in [2.05, 4.69) is 45.2 Å². The Morgan fingerprint density at radius 1 is 1.19 bits per heavy atom. The van der Waals surface area contributed by atoms with Gasteiger partial charge in [-0.25, -0.2) is 0 Å². The number of fused-ring (bicyclic) bond motifs is 1. The van der Waals surface area contributed by atoms with Crippen LogP contribution in [-0.4, -0.2) is 21.6 Å². The maximum atomic E-state index is 5.93. The van der Waals surface area contributed by atoms with E-state index in [1.807, 2.05) is 24.3 Å². The predicted molar refractivity (Wildman–Crippen MR) is 101 cm³/mol. The average Bonchev–Trinajstić information content (AvgIpc) is 3.29. The van der Waals surface area contributed by atoms with Gasteiger partial charge in [0.05, 0.1) is 13.1 Å².